The number of imide groups is 1. The van der Waals surface area contributed by atoms with E-state index in [4.69, 9.17) is 4.98 Å². The first-order valence-corrected chi connectivity index (χ1v) is 11.2. The zero-order valence-corrected chi connectivity index (χ0v) is 18.4. The van der Waals surface area contributed by atoms with E-state index in [1.54, 1.807) is 0 Å². The van der Waals surface area contributed by atoms with Crippen molar-refractivity contribution in [3.8, 4) is 11.3 Å². The molecule has 2 heterocycles. The van der Waals surface area contributed by atoms with E-state index in [-0.39, 0.29) is 35.5 Å². The molecule has 150 valence electrons. The number of anilines is 1. The molecule has 3 fully saturated rings. The molecule has 29 heavy (non-hydrogen) atoms. The highest BCUT2D eigenvalue weighted by Crippen LogP contribution is 2.60. The molecule has 3 aliphatic rings. The van der Waals surface area contributed by atoms with Crippen molar-refractivity contribution in [2.75, 3.05) is 4.90 Å². The highest BCUT2D eigenvalue weighted by molar-refractivity contribution is 7.16. The molecule has 0 N–H and O–H groups in total. The van der Waals surface area contributed by atoms with Crippen LogP contribution in [0.5, 0.6) is 0 Å². The van der Waals surface area contributed by atoms with E-state index in [1.165, 1.54) is 32.9 Å². The highest BCUT2D eigenvalue weighted by atomic mass is 32.1. The van der Waals surface area contributed by atoms with E-state index in [9.17, 15) is 9.59 Å². The molecule has 2 aromatic rings. The Morgan fingerprint density at radius 2 is 1.66 bits per heavy atom. The number of fused-ring (bicyclic) bond motifs is 5. The second kappa shape index (κ2) is 6.36. The van der Waals surface area contributed by atoms with Crippen molar-refractivity contribution < 1.29 is 9.59 Å². The van der Waals surface area contributed by atoms with Gasteiger partial charge in [0.15, 0.2) is 5.13 Å². The third kappa shape index (κ3) is 2.53. The van der Waals surface area contributed by atoms with Gasteiger partial charge in [-0.2, -0.15) is 0 Å². The van der Waals surface area contributed by atoms with Gasteiger partial charge < -0.3 is 0 Å². The van der Waals surface area contributed by atoms with Crippen molar-refractivity contribution >= 4 is 28.3 Å². The lowest BCUT2D eigenvalue weighted by molar-refractivity contribution is -0.123. The van der Waals surface area contributed by atoms with Crippen molar-refractivity contribution in [1.29, 1.82) is 0 Å². The molecule has 2 amide bonds. The van der Waals surface area contributed by atoms with Crippen LogP contribution in [0.4, 0.5) is 5.13 Å². The van der Waals surface area contributed by atoms with Crippen LogP contribution in [-0.4, -0.2) is 16.8 Å². The van der Waals surface area contributed by atoms with Crippen molar-refractivity contribution in [3.63, 3.8) is 0 Å². The van der Waals surface area contributed by atoms with E-state index >= 15 is 0 Å². The number of rotatable bonds is 2. The van der Waals surface area contributed by atoms with Crippen molar-refractivity contribution in [2.24, 2.45) is 23.7 Å². The number of benzene rings is 1. The van der Waals surface area contributed by atoms with Crippen LogP contribution in [0.15, 0.2) is 29.3 Å². The lowest BCUT2D eigenvalue weighted by Crippen LogP contribution is -2.33. The molecule has 5 heteroatoms. The fourth-order valence-corrected chi connectivity index (χ4v) is 6.83. The number of aryl methyl sites for hydroxylation is 3. The third-order valence-corrected chi connectivity index (χ3v) is 8.01. The summed E-state index contributed by atoms with van der Waals surface area (Å²) >= 11 is 1.46. The van der Waals surface area contributed by atoms with E-state index in [0.29, 0.717) is 5.13 Å². The van der Waals surface area contributed by atoms with E-state index in [2.05, 4.69) is 45.9 Å². The van der Waals surface area contributed by atoms with Crippen molar-refractivity contribution in [1.82, 2.24) is 4.98 Å². The molecule has 1 aliphatic heterocycles. The van der Waals surface area contributed by atoms with Gasteiger partial charge in [0.1, 0.15) is 0 Å². The Labute approximate surface area is 175 Å². The van der Waals surface area contributed by atoms with Crippen LogP contribution in [0, 0.1) is 44.4 Å². The van der Waals surface area contributed by atoms with Crippen LogP contribution in [0.2, 0.25) is 0 Å². The highest BCUT2D eigenvalue weighted by Gasteiger charge is 2.64. The van der Waals surface area contributed by atoms with Gasteiger partial charge in [-0.15, -0.1) is 11.3 Å². The minimum atomic E-state index is -0.181. The van der Waals surface area contributed by atoms with Gasteiger partial charge in [-0.3, -0.25) is 9.59 Å². The van der Waals surface area contributed by atoms with Crippen LogP contribution in [0.3, 0.4) is 0 Å². The number of allylic oxidation sites excluding steroid dienone is 2. The zero-order valence-electron chi connectivity index (χ0n) is 17.6. The summed E-state index contributed by atoms with van der Waals surface area (Å²) in [6, 6.07) is 6.32. The standard InChI is InChI=1S/C24H26N2O2S/c1-11(2)18-15-8-9-16(18)20-19(15)22(27)26(23(20)28)24-25-21(14(5)29-24)17-10-12(3)6-7-13(17)4/h6-7,10,15-16,19-20H,8-9H2,1-5H3/t15-,16-,19-,20-/m1/s1. The minimum Gasteiger partial charge on any atom is -0.274 e. The number of carbonyl (C=O) groups is 2. The van der Waals surface area contributed by atoms with E-state index in [0.717, 1.165) is 34.5 Å². The molecule has 2 bridgehead atoms. The topological polar surface area (TPSA) is 50.3 Å². The quantitative estimate of drug-likeness (QED) is 0.508. The predicted molar refractivity (Wildman–Crippen MR) is 116 cm³/mol. The summed E-state index contributed by atoms with van der Waals surface area (Å²) in [5, 5.41) is 0.543. The Bertz CT molecular complexity index is 1060. The van der Waals surface area contributed by atoms with E-state index < -0.39 is 0 Å². The first-order valence-electron chi connectivity index (χ1n) is 10.4. The normalized spacial score (nSPS) is 27.9. The number of nitrogens with zero attached hydrogens (tertiary/aromatic N) is 2. The molecule has 0 radical (unpaired) electrons. The molecule has 2 saturated carbocycles. The first-order chi connectivity index (χ1) is 13.8. The molecule has 4 nitrogen and oxygen atoms in total. The second-order valence-corrected chi connectivity index (χ2v) is 10.2. The number of amides is 2. The molecule has 5 rings (SSSR count). The minimum absolute atomic E-state index is 0.0350. The predicted octanol–water partition coefficient (Wildman–Crippen LogP) is 5.22. The number of hydrogen-bond donors (Lipinski definition) is 0. The lowest BCUT2D eigenvalue weighted by Gasteiger charge is -2.18. The van der Waals surface area contributed by atoms with Gasteiger partial charge in [0.25, 0.3) is 0 Å². The Kier molecular flexibility index (Phi) is 4.11. The van der Waals surface area contributed by atoms with Gasteiger partial charge in [0.05, 0.1) is 17.5 Å². The third-order valence-electron chi connectivity index (χ3n) is 7.05. The van der Waals surface area contributed by atoms with Crippen LogP contribution >= 0.6 is 11.3 Å². The van der Waals surface area contributed by atoms with Crippen LogP contribution in [-0.2, 0) is 9.59 Å². The second-order valence-electron chi connectivity index (χ2n) is 9.03. The summed E-state index contributed by atoms with van der Waals surface area (Å²) < 4.78 is 0. The average Bonchev–Trinajstić information content (AvgIpc) is 3.39. The Balaban J connectivity index is 1.54. The zero-order chi connectivity index (χ0) is 20.6. The molecule has 0 unspecified atom stereocenters. The summed E-state index contributed by atoms with van der Waals surface area (Å²) in [5.41, 5.74) is 6.97. The fourth-order valence-electron chi connectivity index (χ4n) is 5.90. The smallest absolute Gasteiger partial charge is 0.240 e. The summed E-state index contributed by atoms with van der Waals surface area (Å²) in [6.45, 7) is 10.4. The molecule has 0 spiro atoms. The lowest BCUT2D eigenvalue weighted by atomic mass is 9.81. The molecule has 2 aliphatic carbocycles. The van der Waals surface area contributed by atoms with Gasteiger partial charge in [0, 0.05) is 10.4 Å². The fraction of sp³-hybridized carbons (Fsp3) is 0.458. The molecule has 1 aromatic heterocycles. The van der Waals surface area contributed by atoms with Gasteiger partial charge >= 0.3 is 0 Å². The van der Waals surface area contributed by atoms with Crippen LogP contribution < -0.4 is 4.90 Å². The summed E-state index contributed by atoms with van der Waals surface area (Å²) in [7, 11) is 0. The Morgan fingerprint density at radius 3 is 2.24 bits per heavy atom. The summed E-state index contributed by atoms with van der Waals surface area (Å²) in [6.07, 6.45) is 2.06. The van der Waals surface area contributed by atoms with Gasteiger partial charge in [-0.05, 0) is 70.9 Å². The maximum Gasteiger partial charge on any atom is 0.240 e. The molecule has 1 saturated heterocycles. The number of aromatic nitrogens is 1. The molecular weight excluding hydrogens is 380 g/mol. The molecular formula is C24H26N2O2S. The SMILES string of the molecule is CC(C)=C1[C@H]2CC[C@H]1[C@H]1C(=O)N(c3nc(-c4cc(C)ccc4C)c(C)s3)C(=O)[C@@H]12. The van der Waals surface area contributed by atoms with Crippen LogP contribution in [0.1, 0.15) is 42.7 Å². The first kappa shape index (κ1) is 18.7. The van der Waals surface area contributed by atoms with Crippen molar-refractivity contribution in [3.05, 3.63) is 45.3 Å². The number of thiazole rings is 1. The summed E-state index contributed by atoms with van der Waals surface area (Å²) in [4.78, 5) is 34.0. The van der Waals surface area contributed by atoms with Gasteiger partial charge in [-0.1, -0.05) is 28.8 Å². The van der Waals surface area contributed by atoms with E-state index in [1.807, 2.05) is 6.92 Å². The van der Waals surface area contributed by atoms with Gasteiger partial charge in [-0.25, -0.2) is 9.88 Å². The molecule has 1 aromatic carbocycles. The van der Waals surface area contributed by atoms with Crippen LogP contribution in [0.25, 0.3) is 11.3 Å². The summed E-state index contributed by atoms with van der Waals surface area (Å²) in [5.74, 6) is 0.0606. The number of hydrogen-bond acceptors (Lipinski definition) is 4. The largest absolute Gasteiger partial charge is 0.274 e. The Hall–Kier alpha value is -2.27. The number of carbonyl (C=O) groups excluding carboxylic acids is 2. The average molecular weight is 407 g/mol. The maximum atomic E-state index is 13.4. The molecule has 4 atom stereocenters. The van der Waals surface area contributed by atoms with Gasteiger partial charge in [0.2, 0.25) is 11.8 Å². The van der Waals surface area contributed by atoms with Crippen molar-refractivity contribution in [2.45, 2.75) is 47.5 Å². The maximum absolute atomic E-state index is 13.4. The Morgan fingerprint density at radius 1 is 1.03 bits per heavy atom. The monoisotopic (exact) mass is 406 g/mol.